The van der Waals surface area contributed by atoms with Gasteiger partial charge in [-0.3, -0.25) is 0 Å². The average molecular weight is 267 g/mol. The first kappa shape index (κ1) is 15.5. The molecule has 0 radical (unpaired) electrons. The minimum absolute atomic E-state index is 0.285. The maximum Gasteiger partial charge on any atom is 0.323 e. The van der Waals surface area contributed by atoms with E-state index in [0.29, 0.717) is 17.9 Å². The molecule has 0 aliphatic carbocycles. The van der Waals surface area contributed by atoms with Crippen molar-refractivity contribution in [1.29, 1.82) is 0 Å². The number of ether oxygens (including phenoxy) is 1. The zero-order valence-electron chi connectivity index (χ0n) is 12.8. The minimum Gasteiger partial charge on any atom is -0.457 e. The Bertz CT molecular complexity index is 406. The lowest BCUT2D eigenvalue weighted by Gasteiger charge is -2.24. The van der Waals surface area contributed by atoms with Gasteiger partial charge in [-0.15, -0.1) is 0 Å². The Kier molecular flexibility index (Phi) is 5.32. The Hall–Kier alpha value is -1.59. The molecule has 1 aromatic heterocycles. The van der Waals surface area contributed by atoms with Crippen molar-refractivity contribution in [2.75, 3.05) is 30.9 Å². The highest BCUT2D eigenvalue weighted by Crippen LogP contribution is 2.20. The van der Waals surface area contributed by atoms with Gasteiger partial charge in [0.2, 0.25) is 11.9 Å². The van der Waals surface area contributed by atoms with E-state index < -0.39 is 0 Å². The smallest absolute Gasteiger partial charge is 0.323 e. The Morgan fingerprint density at radius 3 is 2.37 bits per heavy atom. The zero-order chi connectivity index (χ0) is 14.5. The number of hydrogen-bond acceptors (Lipinski definition) is 6. The molecule has 1 heterocycles. The summed E-state index contributed by atoms with van der Waals surface area (Å²) in [6.07, 6.45) is 1.90. The highest BCUT2D eigenvalue weighted by molar-refractivity contribution is 5.37. The summed E-state index contributed by atoms with van der Waals surface area (Å²) in [7, 11) is 3.79. The molecule has 6 nitrogen and oxygen atoms in total. The van der Waals surface area contributed by atoms with Crippen LogP contribution in [0.15, 0.2) is 0 Å². The number of aromatic nitrogens is 3. The van der Waals surface area contributed by atoms with E-state index in [1.54, 1.807) is 0 Å². The monoisotopic (exact) mass is 267 g/mol. The third-order valence-corrected chi connectivity index (χ3v) is 2.76. The molecule has 19 heavy (non-hydrogen) atoms. The summed E-state index contributed by atoms with van der Waals surface area (Å²) in [5, 5.41) is 3.16. The van der Waals surface area contributed by atoms with Crippen molar-refractivity contribution in [3.63, 3.8) is 0 Å². The van der Waals surface area contributed by atoms with Gasteiger partial charge < -0.3 is 15.0 Å². The average Bonchev–Trinajstić information content (AvgIpc) is 2.35. The van der Waals surface area contributed by atoms with Crippen molar-refractivity contribution < 1.29 is 4.74 Å². The van der Waals surface area contributed by atoms with Crippen molar-refractivity contribution in [1.82, 2.24) is 15.0 Å². The molecular formula is C13H25N5O. The van der Waals surface area contributed by atoms with Gasteiger partial charge in [0.1, 0.15) is 5.60 Å². The third kappa shape index (κ3) is 4.89. The molecular weight excluding hydrogens is 242 g/mol. The molecule has 0 saturated carbocycles. The summed E-state index contributed by atoms with van der Waals surface area (Å²) in [6, 6.07) is 0.365. The lowest BCUT2D eigenvalue weighted by Crippen LogP contribution is -2.28. The van der Waals surface area contributed by atoms with Crippen molar-refractivity contribution in [3.8, 4) is 6.01 Å². The minimum atomic E-state index is -0.285. The summed E-state index contributed by atoms with van der Waals surface area (Å²) >= 11 is 0. The fraction of sp³-hybridized carbons (Fsp3) is 0.769. The molecule has 0 saturated heterocycles. The molecule has 0 aliphatic rings. The highest BCUT2D eigenvalue weighted by Gasteiger charge is 2.20. The van der Waals surface area contributed by atoms with Crippen LogP contribution in [0.3, 0.4) is 0 Å². The van der Waals surface area contributed by atoms with E-state index >= 15 is 0 Å². The van der Waals surface area contributed by atoms with E-state index in [0.717, 1.165) is 19.4 Å². The SMILES string of the molecule is CCCNc1nc(OC(C)(C)CC)nc(N(C)C)n1. The second-order valence-electron chi connectivity index (χ2n) is 5.28. The van der Waals surface area contributed by atoms with Crippen molar-refractivity contribution in [3.05, 3.63) is 0 Å². The maximum absolute atomic E-state index is 5.83. The van der Waals surface area contributed by atoms with Gasteiger partial charge in [-0.05, 0) is 26.7 Å². The molecule has 1 aromatic rings. The first-order valence-corrected chi connectivity index (χ1v) is 6.74. The molecule has 0 fully saturated rings. The van der Waals surface area contributed by atoms with Crippen molar-refractivity contribution in [2.45, 2.75) is 46.1 Å². The number of hydrogen-bond donors (Lipinski definition) is 1. The van der Waals surface area contributed by atoms with E-state index in [1.165, 1.54) is 0 Å². The standard InChI is InChI=1S/C13H25N5O/c1-7-9-14-10-15-11(18(5)6)17-12(16-10)19-13(3,4)8-2/h7-9H2,1-6H3,(H,14,15,16,17). The second kappa shape index (κ2) is 6.54. The van der Waals surface area contributed by atoms with Gasteiger partial charge in [0.25, 0.3) is 0 Å². The molecule has 0 aliphatic heterocycles. The number of nitrogens with zero attached hydrogens (tertiary/aromatic N) is 4. The first-order chi connectivity index (χ1) is 8.88. The van der Waals surface area contributed by atoms with Crippen LogP contribution in [0.5, 0.6) is 6.01 Å². The summed E-state index contributed by atoms with van der Waals surface area (Å²) in [5.41, 5.74) is -0.285. The fourth-order valence-corrected chi connectivity index (χ4v) is 1.23. The first-order valence-electron chi connectivity index (χ1n) is 6.74. The lowest BCUT2D eigenvalue weighted by molar-refractivity contribution is 0.0925. The van der Waals surface area contributed by atoms with Gasteiger partial charge >= 0.3 is 6.01 Å². The number of rotatable bonds is 7. The fourth-order valence-electron chi connectivity index (χ4n) is 1.23. The molecule has 1 N–H and O–H groups in total. The summed E-state index contributed by atoms with van der Waals surface area (Å²) in [4.78, 5) is 14.8. The molecule has 0 aromatic carbocycles. The third-order valence-electron chi connectivity index (χ3n) is 2.76. The normalized spacial score (nSPS) is 11.3. The van der Waals surface area contributed by atoms with Crippen LogP contribution in [0, 0.1) is 0 Å². The number of anilines is 2. The van der Waals surface area contributed by atoms with E-state index in [1.807, 2.05) is 32.8 Å². The Morgan fingerprint density at radius 2 is 1.84 bits per heavy atom. The van der Waals surface area contributed by atoms with Crippen LogP contribution in [0.2, 0.25) is 0 Å². The van der Waals surface area contributed by atoms with Crippen LogP contribution >= 0.6 is 0 Å². The topological polar surface area (TPSA) is 63.2 Å². The highest BCUT2D eigenvalue weighted by atomic mass is 16.5. The Morgan fingerprint density at radius 1 is 1.16 bits per heavy atom. The van der Waals surface area contributed by atoms with Crippen LogP contribution < -0.4 is 15.0 Å². The van der Waals surface area contributed by atoms with Crippen LogP contribution in [-0.2, 0) is 0 Å². The largest absolute Gasteiger partial charge is 0.457 e. The molecule has 108 valence electrons. The molecule has 0 bridgehead atoms. The van der Waals surface area contributed by atoms with Gasteiger partial charge in [0.15, 0.2) is 0 Å². The van der Waals surface area contributed by atoms with Crippen molar-refractivity contribution >= 4 is 11.9 Å². The van der Waals surface area contributed by atoms with Gasteiger partial charge in [-0.2, -0.15) is 15.0 Å². The van der Waals surface area contributed by atoms with Crippen LogP contribution in [-0.4, -0.2) is 41.2 Å². The Labute approximate surface area is 115 Å². The Balaban J connectivity index is 2.99. The van der Waals surface area contributed by atoms with E-state index in [-0.39, 0.29) is 5.60 Å². The zero-order valence-corrected chi connectivity index (χ0v) is 12.8. The van der Waals surface area contributed by atoms with Gasteiger partial charge in [0.05, 0.1) is 0 Å². The predicted molar refractivity (Wildman–Crippen MR) is 77.9 cm³/mol. The summed E-state index contributed by atoms with van der Waals surface area (Å²) < 4.78 is 5.83. The number of nitrogens with one attached hydrogen (secondary N) is 1. The van der Waals surface area contributed by atoms with Crippen molar-refractivity contribution in [2.24, 2.45) is 0 Å². The van der Waals surface area contributed by atoms with Crippen LogP contribution in [0.4, 0.5) is 11.9 Å². The molecule has 0 spiro atoms. The predicted octanol–water partition coefficient (Wildman–Crippen LogP) is 2.33. The molecule has 1 rings (SSSR count). The lowest BCUT2D eigenvalue weighted by atomic mass is 10.1. The summed E-state index contributed by atoms with van der Waals surface area (Å²) in [6.45, 7) is 9.03. The van der Waals surface area contributed by atoms with Gasteiger partial charge in [-0.1, -0.05) is 13.8 Å². The second-order valence-corrected chi connectivity index (χ2v) is 5.28. The van der Waals surface area contributed by atoms with E-state index in [2.05, 4.69) is 34.1 Å². The maximum atomic E-state index is 5.83. The summed E-state index contributed by atoms with van der Waals surface area (Å²) in [5.74, 6) is 1.15. The van der Waals surface area contributed by atoms with E-state index in [4.69, 9.17) is 4.74 Å². The molecule has 6 heteroatoms. The van der Waals surface area contributed by atoms with E-state index in [9.17, 15) is 0 Å². The van der Waals surface area contributed by atoms with Gasteiger partial charge in [-0.25, -0.2) is 0 Å². The quantitative estimate of drug-likeness (QED) is 0.818. The van der Waals surface area contributed by atoms with Crippen LogP contribution in [0.25, 0.3) is 0 Å². The van der Waals surface area contributed by atoms with Crippen LogP contribution in [0.1, 0.15) is 40.5 Å². The van der Waals surface area contributed by atoms with Gasteiger partial charge in [0, 0.05) is 20.6 Å². The molecule has 0 amide bonds. The molecule has 0 atom stereocenters. The molecule has 0 unspecified atom stereocenters.